The molecule has 316 valence electrons. The van der Waals surface area contributed by atoms with E-state index in [4.69, 9.17) is 37.9 Å². The normalized spacial score (nSPS) is 14.0. The highest BCUT2D eigenvalue weighted by molar-refractivity contribution is 5.70. The molecule has 0 aromatic heterocycles. The van der Waals surface area contributed by atoms with Crippen molar-refractivity contribution in [2.75, 3.05) is 0 Å². The molecule has 9 heteroatoms. The summed E-state index contributed by atoms with van der Waals surface area (Å²) in [6, 6.07) is 3.58. The van der Waals surface area contributed by atoms with E-state index in [1.165, 1.54) is 0 Å². The molecule has 0 unspecified atom stereocenters. The van der Waals surface area contributed by atoms with Crippen molar-refractivity contribution in [1.29, 1.82) is 0 Å². The summed E-state index contributed by atoms with van der Waals surface area (Å²) < 4.78 is 54.1. The molecule has 0 aliphatic heterocycles. The van der Waals surface area contributed by atoms with Crippen LogP contribution in [-0.4, -0.2) is 49.9 Å². The molecule has 0 fully saturated rings. The maximum atomic E-state index is 13.5. The van der Waals surface area contributed by atoms with E-state index < -0.39 is 50.4 Å². The zero-order chi connectivity index (χ0) is 43.3. The first-order chi connectivity index (χ1) is 24.0. The monoisotopic (exact) mass is 775 g/mol. The van der Waals surface area contributed by atoms with Gasteiger partial charge in [-0.2, -0.15) is 0 Å². The second kappa shape index (κ2) is 15.3. The van der Waals surface area contributed by atoms with Crippen LogP contribution >= 0.6 is 0 Å². The lowest BCUT2D eigenvalue weighted by Crippen LogP contribution is -2.34. The standard InChI is InChI=1S/C46H78O9/c1-38(2,3)48-30-26-28(32(50-40(7,8)9)36(54-44(19,20)21)34(30)52-42(13,14)15)46(25,47)29-27-31(49-39(4,5)6)35(53-43(16,17)18)37(55-45(22,23)24)33(29)51-41(10,11)12/h26-27,47H,1-25H3. The summed E-state index contributed by atoms with van der Waals surface area (Å²) in [7, 11) is 0. The van der Waals surface area contributed by atoms with Gasteiger partial charge in [-0.25, -0.2) is 0 Å². The minimum absolute atomic E-state index is 0.293. The molecule has 2 aromatic rings. The smallest absolute Gasteiger partial charge is 0.208 e. The molecular weight excluding hydrogens is 696 g/mol. The first kappa shape index (κ1) is 48.0. The average Bonchev–Trinajstić information content (AvgIpc) is 2.84. The number of hydrogen-bond donors (Lipinski definition) is 1. The minimum Gasteiger partial charge on any atom is -0.484 e. The Kier molecular flexibility index (Phi) is 13.3. The van der Waals surface area contributed by atoms with Crippen LogP contribution in [-0.2, 0) is 5.60 Å². The molecule has 0 aliphatic carbocycles. The quantitative estimate of drug-likeness (QED) is 0.253. The fourth-order valence-corrected chi connectivity index (χ4v) is 5.30. The summed E-state index contributed by atoms with van der Waals surface area (Å²) in [5, 5.41) is 13.5. The van der Waals surface area contributed by atoms with Crippen molar-refractivity contribution in [1.82, 2.24) is 0 Å². The summed E-state index contributed by atoms with van der Waals surface area (Å²) in [4.78, 5) is 0. The third-order valence-electron chi connectivity index (χ3n) is 6.64. The van der Waals surface area contributed by atoms with Gasteiger partial charge in [0.05, 0.1) is 0 Å². The van der Waals surface area contributed by atoms with E-state index in [0.717, 1.165) is 0 Å². The van der Waals surface area contributed by atoms with Crippen LogP contribution < -0.4 is 37.9 Å². The molecule has 0 heterocycles. The maximum absolute atomic E-state index is 13.5. The second-order valence-electron chi connectivity index (χ2n) is 22.6. The highest BCUT2D eigenvalue weighted by Gasteiger charge is 2.44. The van der Waals surface area contributed by atoms with E-state index in [9.17, 15) is 5.11 Å². The number of hydrogen-bond acceptors (Lipinski definition) is 9. The lowest BCUT2D eigenvalue weighted by Gasteiger charge is -2.39. The Hall–Kier alpha value is -3.20. The topological polar surface area (TPSA) is 94.1 Å². The predicted octanol–water partition coefficient (Wildman–Crippen LogP) is 12.4. The van der Waals surface area contributed by atoms with Gasteiger partial charge in [0.25, 0.3) is 0 Å². The number of ether oxygens (including phenoxy) is 8. The Morgan fingerprint density at radius 3 is 0.655 bits per heavy atom. The van der Waals surface area contributed by atoms with Crippen LogP contribution in [0.1, 0.15) is 184 Å². The van der Waals surface area contributed by atoms with E-state index in [2.05, 4.69) is 0 Å². The van der Waals surface area contributed by atoms with E-state index in [1.807, 2.05) is 166 Å². The average molecular weight is 775 g/mol. The Labute approximate surface area is 335 Å². The van der Waals surface area contributed by atoms with Crippen LogP contribution in [0.2, 0.25) is 0 Å². The van der Waals surface area contributed by atoms with Crippen LogP contribution in [0.4, 0.5) is 0 Å². The van der Waals surface area contributed by atoms with E-state index in [0.29, 0.717) is 57.1 Å². The molecule has 2 rings (SSSR count). The third-order valence-corrected chi connectivity index (χ3v) is 6.64. The van der Waals surface area contributed by atoms with Crippen LogP contribution in [0.5, 0.6) is 46.0 Å². The summed E-state index contributed by atoms with van der Waals surface area (Å²) in [5.74, 6) is 2.68. The van der Waals surface area contributed by atoms with Gasteiger partial charge < -0.3 is 43.0 Å². The van der Waals surface area contributed by atoms with Gasteiger partial charge in [-0.05, 0) is 185 Å². The van der Waals surface area contributed by atoms with Crippen molar-refractivity contribution >= 4 is 0 Å². The predicted molar refractivity (Wildman–Crippen MR) is 225 cm³/mol. The van der Waals surface area contributed by atoms with Gasteiger partial charge in [-0.3, -0.25) is 0 Å². The summed E-state index contributed by atoms with van der Waals surface area (Å²) >= 11 is 0. The van der Waals surface area contributed by atoms with Crippen molar-refractivity contribution in [3.05, 3.63) is 23.3 Å². The Balaban J connectivity index is 3.52. The fraction of sp³-hybridized carbons (Fsp3) is 0.739. The van der Waals surface area contributed by atoms with E-state index >= 15 is 0 Å². The van der Waals surface area contributed by atoms with Crippen molar-refractivity contribution in [3.8, 4) is 46.0 Å². The SMILES string of the molecule is CC(C)(C)Oc1cc(C(C)(O)c2cc(OC(C)(C)C)c(OC(C)(C)C)c(OC(C)(C)C)c2OC(C)(C)C)c(OC(C)(C)C)c(OC(C)(C)C)c1OC(C)(C)C. The second-order valence-corrected chi connectivity index (χ2v) is 22.6. The van der Waals surface area contributed by atoms with E-state index in [-0.39, 0.29) is 0 Å². The van der Waals surface area contributed by atoms with Gasteiger partial charge in [0.15, 0.2) is 23.0 Å². The van der Waals surface area contributed by atoms with Crippen molar-refractivity contribution in [2.45, 2.75) is 224 Å². The van der Waals surface area contributed by atoms with Crippen LogP contribution in [0.3, 0.4) is 0 Å². The third kappa shape index (κ3) is 15.3. The molecule has 0 spiro atoms. The summed E-state index contributed by atoms with van der Waals surface area (Å²) in [6.45, 7) is 48.7. The number of aliphatic hydroxyl groups is 1. The lowest BCUT2D eigenvalue weighted by atomic mass is 9.85. The van der Waals surface area contributed by atoms with Crippen LogP contribution in [0, 0.1) is 0 Å². The highest BCUT2D eigenvalue weighted by atomic mass is 16.6. The molecule has 0 amide bonds. The Morgan fingerprint density at radius 2 is 0.455 bits per heavy atom. The van der Waals surface area contributed by atoms with Gasteiger partial charge in [0.1, 0.15) is 50.4 Å². The molecule has 9 nitrogen and oxygen atoms in total. The lowest BCUT2D eigenvalue weighted by molar-refractivity contribution is 0.0467. The molecule has 0 bridgehead atoms. The molecule has 2 aromatic carbocycles. The van der Waals surface area contributed by atoms with Gasteiger partial charge in [0, 0.05) is 11.1 Å². The fourth-order valence-electron chi connectivity index (χ4n) is 5.30. The van der Waals surface area contributed by atoms with Crippen LogP contribution in [0.25, 0.3) is 0 Å². The molecular formula is C46H78O9. The highest BCUT2D eigenvalue weighted by Crippen LogP contribution is 2.59. The van der Waals surface area contributed by atoms with Crippen molar-refractivity contribution < 1.29 is 43.0 Å². The molecule has 0 radical (unpaired) electrons. The number of benzene rings is 2. The first-order valence-electron chi connectivity index (χ1n) is 19.6. The number of rotatable bonds is 10. The van der Waals surface area contributed by atoms with Crippen molar-refractivity contribution in [3.63, 3.8) is 0 Å². The molecule has 55 heavy (non-hydrogen) atoms. The first-order valence-corrected chi connectivity index (χ1v) is 19.6. The molecule has 0 aliphatic rings. The molecule has 0 saturated heterocycles. The molecule has 0 saturated carbocycles. The van der Waals surface area contributed by atoms with Gasteiger partial charge in [0.2, 0.25) is 23.0 Å². The van der Waals surface area contributed by atoms with Gasteiger partial charge in [-0.1, -0.05) is 0 Å². The van der Waals surface area contributed by atoms with Gasteiger partial charge >= 0.3 is 0 Å². The van der Waals surface area contributed by atoms with Crippen LogP contribution in [0.15, 0.2) is 12.1 Å². The molecule has 1 N–H and O–H groups in total. The molecule has 0 atom stereocenters. The summed E-state index contributed by atoms with van der Waals surface area (Å²) in [5.41, 5.74) is -6.65. The van der Waals surface area contributed by atoms with E-state index in [1.54, 1.807) is 19.1 Å². The zero-order valence-corrected chi connectivity index (χ0v) is 39.4. The Morgan fingerprint density at radius 1 is 0.273 bits per heavy atom. The zero-order valence-electron chi connectivity index (χ0n) is 39.4. The van der Waals surface area contributed by atoms with Crippen molar-refractivity contribution in [2.24, 2.45) is 0 Å². The minimum atomic E-state index is -1.88. The summed E-state index contributed by atoms with van der Waals surface area (Å²) in [6.07, 6.45) is 0. The van der Waals surface area contributed by atoms with Gasteiger partial charge in [-0.15, -0.1) is 0 Å². The maximum Gasteiger partial charge on any atom is 0.208 e. The largest absolute Gasteiger partial charge is 0.484 e. The Bertz CT molecular complexity index is 1510.